The maximum atomic E-state index is 12.8. The Labute approximate surface area is 111 Å². The standard InChI is InChI=1S/C16H17F3/c17-16(18,19)13-9-12-7-4-8-14(15(12)10-13)11-5-2-1-3-6-11/h4,7-8,10-11H,1-3,5-6,9H2. The molecule has 0 radical (unpaired) electrons. The minimum absolute atomic E-state index is 0.0411. The number of halogens is 3. The van der Waals surface area contributed by atoms with E-state index in [1.165, 1.54) is 25.3 Å². The Balaban J connectivity index is 1.96. The molecule has 3 heteroatoms. The molecule has 102 valence electrons. The summed E-state index contributed by atoms with van der Waals surface area (Å²) < 4.78 is 38.5. The average Bonchev–Trinajstić information content (AvgIpc) is 2.83. The minimum atomic E-state index is -4.19. The molecule has 2 aliphatic carbocycles. The normalized spacial score (nSPS) is 20.3. The molecule has 0 spiro atoms. The maximum Gasteiger partial charge on any atom is 0.413 e. The SMILES string of the molecule is FC(F)(F)C1=Cc2c(cccc2C2CCCCC2)C1. The Morgan fingerprint density at radius 1 is 1.00 bits per heavy atom. The molecule has 3 rings (SSSR count). The number of hydrogen-bond donors (Lipinski definition) is 0. The van der Waals surface area contributed by atoms with Crippen molar-refractivity contribution in [2.45, 2.75) is 50.6 Å². The van der Waals surface area contributed by atoms with Crippen molar-refractivity contribution in [2.24, 2.45) is 0 Å². The topological polar surface area (TPSA) is 0 Å². The van der Waals surface area contributed by atoms with E-state index in [-0.39, 0.29) is 6.42 Å². The molecule has 0 N–H and O–H groups in total. The molecular weight excluding hydrogens is 249 g/mol. The highest BCUT2D eigenvalue weighted by Crippen LogP contribution is 2.42. The van der Waals surface area contributed by atoms with Crippen LogP contribution in [0.4, 0.5) is 13.2 Å². The van der Waals surface area contributed by atoms with Crippen molar-refractivity contribution < 1.29 is 13.2 Å². The molecule has 0 amide bonds. The highest BCUT2D eigenvalue weighted by Gasteiger charge is 2.37. The van der Waals surface area contributed by atoms with Crippen LogP contribution in [-0.4, -0.2) is 6.18 Å². The number of alkyl halides is 3. The van der Waals surface area contributed by atoms with E-state index in [9.17, 15) is 13.2 Å². The molecular formula is C16H17F3. The van der Waals surface area contributed by atoms with E-state index < -0.39 is 11.7 Å². The van der Waals surface area contributed by atoms with Crippen molar-refractivity contribution in [1.29, 1.82) is 0 Å². The molecule has 1 aromatic rings. The zero-order chi connectivity index (χ0) is 13.5. The number of rotatable bonds is 1. The van der Waals surface area contributed by atoms with Gasteiger partial charge in [0.25, 0.3) is 0 Å². The van der Waals surface area contributed by atoms with Gasteiger partial charge in [-0.2, -0.15) is 13.2 Å². The molecule has 0 aliphatic heterocycles. The predicted molar refractivity (Wildman–Crippen MR) is 70.0 cm³/mol. The smallest absolute Gasteiger partial charge is 0.166 e. The van der Waals surface area contributed by atoms with Crippen LogP contribution in [0.25, 0.3) is 6.08 Å². The lowest BCUT2D eigenvalue weighted by Gasteiger charge is -2.23. The first-order valence-electron chi connectivity index (χ1n) is 6.95. The lowest BCUT2D eigenvalue weighted by molar-refractivity contribution is -0.0918. The van der Waals surface area contributed by atoms with Crippen LogP contribution in [0.1, 0.15) is 54.7 Å². The van der Waals surface area contributed by atoms with E-state index in [0.717, 1.165) is 29.5 Å². The molecule has 1 saturated carbocycles. The molecule has 1 fully saturated rings. The zero-order valence-corrected chi connectivity index (χ0v) is 10.8. The van der Waals surface area contributed by atoms with Gasteiger partial charge in [-0.3, -0.25) is 0 Å². The average molecular weight is 266 g/mol. The first-order chi connectivity index (χ1) is 9.05. The number of benzene rings is 1. The van der Waals surface area contributed by atoms with Crippen LogP contribution >= 0.6 is 0 Å². The van der Waals surface area contributed by atoms with Gasteiger partial charge in [-0.25, -0.2) is 0 Å². The highest BCUT2D eigenvalue weighted by molar-refractivity contribution is 5.68. The predicted octanol–water partition coefficient (Wildman–Crippen LogP) is 5.24. The van der Waals surface area contributed by atoms with Gasteiger partial charge in [-0.1, -0.05) is 37.5 Å². The van der Waals surface area contributed by atoms with Crippen molar-refractivity contribution in [3.8, 4) is 0 Å². The van der Waals surface area contributed by atoms with Gasteiger partial charge in [0.2, 0.25) is 0 Å². The third-order valence-corrected chi connectivity index (χ3v) is 4.34. The van der Waals surface area contributed by atoms with Crippen LogP contribution in [0.2, 0.25) is 0 Å². The molecule has 0 saturated heterocycles. The van der Waals surface area contributed by atoms with E-state index >= 15 is 0 Å². The molecule has 2 aliphatic rings. The van der Waals surface area contributed by atoms with Crippen LogP contribution in [0.5, 0.6) is 0 Å². The van der Waals surface area contributed by atoms with Crippen molar-refractivity contribution in [1.82, 2.24) is 0 Å². The van der Waals surface area contributed by atoms with Crippen LogP contribution in [0.3, 0.4) is 0 Å². The van der Waals surface area contributed by atoms with Crippen LogP contribution in [0, 0.1) is 0 Å². The van der Waals surface area contributed by atoms with Gasteiger partial charge in [0.15, 0.2) is 0 Å². The third-order valence-electron chi connectivity index (χ3n) is 4.34. The van der Waals surface area contributed by atoms with E-state index in [4.69, 9.17) is 0 Å². The summed E-state index contributed by atoms with van der Waals surface area (Å²) in [6.07, 6.45) is 3.11. The Hall–Kier alpha value is -1.25. The van der Waals surface area contributed by atoms with E-state index in [2.05, 4.69) is 0 Å². The van der Waals surface area contributed by atoms with Gasteiger partial charge in [0.1, 0.15) is 0 Å². The monoisotopic (exact) mass is 266 g/mol. The van der Waals surface area contributed by atoms with Gasteiger partial charge in [-0.05, 0) is 41.5 Å². The summed E-state index contributed by atoms with van der Waals surface area (Å²) >= 11 is 0. The van der Waals surface area contributed by atoms with Gasteiger partial charge in [0.05, 0.1) is 0 Å². The Morgan fingerprint density at radius 3 is 2.42 bits per heavy atom. The fraction of sp³-hybridized carbons (Fsp3) is 0.500. The first kappa shape index (κ1) is 12.8. The fourth-order valence-electron chi connectivity index (χ4n) is 3.35. The van der Waals surface area contributed by atoms with E-state index in [0.29, 0.717) is 5.92 Å². The zero-order valence-electron chi connectivity index (χ0n) is 10.8. The Bertz CT molecular complexity index is 505. The molecule has 0 atom stereocenters. The van der Waals surface area contributed by atoms with E-state index in [1.807, 2.05) is 18.2 Å². The van der Waals surface area contributed by atoms with Gasteiger partial charge >= 0.3 is 6.18 Å². The minimum Gasteiger partial charge on any atom is -0.166 e. The van der Waals surface area contributed by atoms with Gasteiger partial charge < -0.3 is 0 Å². The van der Waals surface area contributed by atoms with Gasteiger partial charge in [0, 0.05) is 12.0 Å². The number of hydrogen-bond acceptors (Lipinski definition) is 0. The van der Waals surface area contributed by atoms with Crippen molar-refractivity contribution in [2.75, 3.05) is 0 Å². The Morgan fingerprint density at radius 2 is 1.74 bits per heavy atom. The molecule has 1 aromatic carbocycles. The molecule has 0 unspecified atom stereocenters. The Kier molecular flexibility index (Phi) is 3.15. The van der Waals surface area contributed by atoms with Crippen molar-refractivity contribution >= 4 is 6.08 Å². The fourth-order valence-corrected chi connectivity index (χ4v) is 3.35. The first-order valence-corrected chi connectivity index (χ1v) is 6.95. The second-order valence-corrected chi connectivity index (χ2v) is 5.60. The van der Waals surface area contributed by atoms with E-state index in [1.54, 1.807) is 0 Å². The molecule has 0 aromatic heterocycles. The van der Waals surface area contributed by atoms with Crippen LogP contribution in [0.15, 0.2) is 23.8 Å². The number of fused-ring (bicyclic) bond motifs is 1. The largest absolute Gasteiger partial charge is 0.413 e. The lowest BCUT2D eigenvalue weighted by Crippen LogP contribution is -2.11. The highest BCUT2D eigenvalue weighted by atomic mass is 19.4. The van der Waals surface area contributed by atoms with Crippen LogP contribution in [-0.2, 0) is 6.42 Å². The summed E-state index contributed by atoms with van der Waals surface area (Å²) in [6.45, 7) is 0. The van der Waals surface area contributed by atoms with Crippen molar-refractivity contribution in [3.05, 3.63) is 40.5 Å². The summed E-state index contributed by atoms with van der Waals surface area (Å²) in [7, 11) is 0. The second kappa shape index (κ2) is 4.69. The summed E-state index contributed by atoms with van der Waals surface area (Å²) in [5.41, 5.74) is 2.43. The van der Waals surface area contributed by atoms with Gasteiger partial charge in [-0.15, -0.1) is 0 Å². The molecule has 0 nitrogen and oxygen atoms in total. The molecule has 0 bridgehead atoms. The third kappa shape index (κ3) is 2.43. The second-order valence-electron chi connectivity index (χ2n) is 5.60. The maximum absolute atomic E-state index is 12.8. The molecule has 0 heterocycles. The summed E-state index contributed by atoms with van der Waals surface area (Å²) in [5, 5.41) is 0. The summed E-state index contributed by atoms with van der Waals surface area (Å²) in [5.74, 6) is 0.451. The summed E-state index contributed by atoms with van der Waals surface area (Å²) in [4.78, 5) is 0. The van der Waals surface area contributed by atoms with Crippen LogP contribution < -0.4 is 0 Å². The summed E-state index contributed by atoms with van der Waals surface area (Å²) in [6, 6.07) is 5.76. The number of allylic oxidation sites excluding steroid dienone is 1. The quantitative estimate of drug-likeness (QED) is 0.652. The van der Waals surface area contributed by atoms with Crippen molar-refractivity contribution in [3.63, 3.8) is 0 Å². The lowest BCUT2D eigenvalue weighted by atomic mass is 9.81. The molecule has 19 heavy (non-hydrogen) atoms.